The Morgan fingerprint density at radius 1 is 1.12 bits per heavy atom. The predicted molar refractivity (Wildman–Crippen MR) is 141 cm³/mol. The van der Waals surface area contributed by atoms with Gasteiger partial charge in [0.2, 0.25) is 0 Å². The van der Waals surface area contributed by atoms with Gasteiger partial charge in [0.15, 0.2) is 0 Å². The van der Waals surface area contributed by atoms with E-state index in [0.29, 0.717) is 39.6 Å². The number of amides is 1. The van der Waals surface area contributed by atoms with Crippen molar-refractivity contribution in [2.45, 2.75) is 44.4 Å². The molecule has 2 aliphatic heterocycles. The van der Waals surface area contributed by atoms with Gasteiger partial charge in [-0.15, -0.1) is 0 Å². The second kappa shape index (κ2) is 10.9. The normalized spacial score (nSPS) is 18.9. The van der Waals surface area contributed by atoms with Crippen LogP contribution in [-0.2, 0) is 9.59 Å². The summed E-state index contributed by atoms with van der Waals surface area (Å²) in [4.78, 5) is 29.1. The van der Waals surface area contributed by atoms with E-state index in [9.17, 15) is 32.3 Å². The molecule has 2 aromatic carbocycles. The maximum absolute atomic E-state index is 13.9. The van der Waals surface area contributed by atoms with Crippen LogP contribution in [0.2, 0.25) is 0 Å². The number of anilines is 2. The average Bonchev–Trinajstić information content (AvgIpc) is 3.56. The molecule has 5 rings (SSSR count). The zero-order valence-electron chi connectivity index (χ0n) is 22.1. The van der Waals surface area contributed by atoms with E-state index in [1.807, 2.05) is 6.92 Å². The van der Waals surface area contributed by atoms with E-state index in [2.05, 4.69) is 10.3 Å². The van der Waals surface area contributed by atoms with E-state index in [0.717, 1.165) is 6.20 Å². The third-order valence-electron chi connectivity index (χ3n) is 7.49. The van der Waals surface area contributed by atoms with Gasteiger partial charge < -0.3 is 19.9 Å². The number of carbonyl (C=O) groups excluding carboxylic acids is 1. The number of carbonyl (C=O) groups is 2. The minimum absolute atomic E-state index is 0.0588. The molecular formula is C29H27F4N3O5. The van der Waals surface area contributed by atoms with Gasteiger partial charge >= 0.3 is 18.1 Å². The number of pyridine rings is 1. The molecule has 12 heteroatoms. The van der Waals surface area contributed by atoms with Crippen molar-refractivity contribution in [3.8, 4) is 11.5 Å². The summed E-state index contributed by atoms with van der Waals surface area (Å²) in [6, 6.07) is 10.5. The molecule has 2 aliphatic rings. The van der Waals surface area contributed by atoms with E-state index in [1.54, 1.807) is 24.3 Å². The van der Waals surface area contributed by atoms with Crippen molar-refractivity contribution in [3.05, 3.63) is 77.4 Å². The number of nitrogens with one attached hydrogen (secondary N) is 1. The Kier molecular flexibility index (Phi) is 7.50. The number of carboxylic acid groups (broad SMARTS) is 1. The number of rotatable bonds is 8. The van der Waals surface area contributed by atoms with Gasteiger partial charge in [0.25, 0.3) is 0 Å². The maximum Gasteiger partial charge on any atom is 0.471 e. The lowest BCUT2D eigenvalue weighted by Gasteiger charge is -2.29. The number of aliphatic carboxylic acids is 1. The highest BCUT2D eigenvalue weighted by Gasteiger charge is 2.48. The molecule has 2 N–H and O–H groups in total. The van der Waals surface area contributed by atoms with Crippen molar-refractivity contribution in [2.75, 3.05) is 23.4 Å². The number of hydrogen-bond donors (Lipinski definition) is 2. The molecule has 0 saturated carbocycles. The monoisotopic (exact) mass is 573 g/mol. The first kappa shape index (κ1) is 28.2. The van der Waals surface area contributed by atoms with Gasteiger partial charge in [-0.3, -0.25) is 19.5 Å². The van der Waals surface area contributed by atoms with E-state index in [4.69, 9.17) is 9.47 Å². The number of alkyl halides is 3. The molecule has 4 atom stereocenters. The highest BCUT2D eigenvalue weighted by Crippen LogP contribution is 2.47. The third-order valence-corrected chi connectivity index (χ3v) is 7.49. The summed E-state index contributed by atoms with van der Waals surface area (Å²) >= 11 is 0. The van der Waals surface area contributed by atoms with Gasteiger partial charge in [0.05, 0.1) is 42.2 Å². The first-order valence-electron chi connectivity index (χ1n) is 13.0. The smallest absolute Gasteiger partial charge is 0.471 e. The standard InChI is InChI=1S/C29H27F4N3O5/c1-3-21(22-10-7-16(30)12-34-22)35-23-6-4-5-19-24(14-41-26(19)23)36(28(39)29(31,32)33)17-8-9-18-20(15(2)27(37)38)13-40-25(18)11-17/h4-12,15,20-21,24,35H,3,13-14H2,1-2H3,(H,37,38)/t15?,20-,21?,24+/m0/s1. The predicted octanol–water partition coefficient (Wildman–Crippen LogP) is 6.01. The number of halogens is 4. The lowest BCUT2D eigenvalue weighted by atomic mass is 9.89. The number of benzene rings is 2. The summed E-state index contributed by atoms with van der Waals surface area (Å²) in [5, 5.41) is 12.7. The Morgan fingerprint density at radius 3 is 2.56 bits per heavy atom. The van der Waals surface area contributed by atoms with E-state index < -0.39 is 41.7 Å². The van der Waals surface area contributed by atoms with Crippen molar-refractivity contribution in [1.29, 1.82) is 0 Å². The summed E-state index contributed by atoms with van der Waals surface area (Å²) in [5.74, 6) is -4.29. The van der Waals surface area contributed by atoms with E-state index in [-0.39, 0.29) is 30.7 Å². The minimum Gasteiger partial charge on any atom is -0.493 e. The Balaban J connectivity index is 1.49. The summed E-state index contributed by atoms with van der Waals surface area (Å²) in [6.07, 6.45) is -3.51. The molecule has 0 aliphatic carbocycles. The van der Waals surface area contributed by atoms with Crippen molar-refractivity contribution in [2.24, 2.45) is 5.92 Å². The number of fused-ring (bicyclic) bond motifs is 2. The molecule has 1 amide bonds. The van der Waals surface area contributed by atoms with Crippen molar-refractivity contribution in [1.82, 2.24) is 4.98 Å². The number of carboxylic acids is 1. The largest absolute Gasteiger partial charge is 0.493 e. The molecule has 0 saturated heterocycles. The molecule has 8 nitrogen and oxygen atoms in total. The second-order valence-corrected chi connectivity index (χ2v) is 10.00. The molecule has 0 radical (unpaired) electrons. The quantitative estimate of drug-likeness (QED) is 0.319. The summed E-state index contributed by atoms with van der Waals surface area (Å²) < 4.78 is 66.5. The third kappa shape index (κ3) is 5.38. The molecule has 41 heavy (non-hydrogen) atoms. The highest BCUT2D eigenvalue weighted by molar-refractivity contribution is 5.98. The fourth-order valence-electron chi connectivity index (χ4n) is 5.26. The summed E-state index contributed by atoms with van der Waals surface area (Å²) in [7, 11) is 0. The zero-order valence-corrected chi connectivity index (χ0v) is 22.1. The fraction of sp³-hybridized carbons (Fsp3) is 0.345. The first-order valence-corrected chi connectivity index (χ1v) is 13.0. The summed E-state index contributed by atoms with van der Waals surface area (Å²) in [5.41, 5.74) is 1.93. The van der Waals surface area contributed by atoms with Gasteiger partial charge in [-0.25, -0.2) is 4.39 Å². The Bertz CT molecular complexity index is 1460. The maximum atomic E-state index is 13.9. The number of para-hydroxylation sites is 1. The van der Waals surface area contributed by atoms with Gasteiger partial charge in [0.1, 0.15) is 23.9 Å². The summed E-state index contributed by atoms with van der Waals surface area (Å²) in [6.45, 7) is 3.26. The number of aromatic nitrogens is 1. The van der Waals surface area contributed by atoms with Crippen LogP contribution in [0.3, 0.4) is 0 Å². The SMILES string of the molecule is CCC(Nc1cccc2c1OC[C@H]2N(C(=O)C(F)(F)F)c1ccc2c(c1)OC[C@H]2C(C)C(=O)O)c1ccc(F)cn1. The van der Waals surface area contributed by atoms with Crippen LogP contribution in [0.1, 0.15) is 55.1 Å². The van der Waals surface area contributed by atoms with Crippen LogP contribution in [0.15, 0.2) is 54.7 Å². The van der Waals surface area contributed by atoms with Crippen LogP contribution in [-0.4, -0.2) is 41.4 Å². The van der Waals surface area contributed by atoms with Crippen LogP contribution in [0.4, 0.5) is 28.9 Å². The Hall–Kier alpha value is -4.35. The lowest BCUT2D eigenvalue weighted by molar-refractivity contribution is -0.171. The van der Waals surface area contributed by atoms with Crippen molar-refractivity contribution >= 4 is 23.3 Å². The molecule has 216 valence electrons. The average molecular weight is 574 g/mol. The minimum atomic E-state index is -5.18. The van der Waals surface area contributed by atoms with E-state index in [1.165, 1.54) is 31.2 Å². The number of hydrogen-bond acceptors (Lipinski definition) is 6. The number of ether oxygens (including phenoxy) is 2. The Labute approximate surface area is 232 Å². The lowest BCUT2D eigenvalue weighted by Crippen LogP contribution is -2.44. The molecule has 0 bridgehead atoms. The van der Waals surface area contributed by atoms with Crippen molar-refractivity contribution < 1.29 is 41.7 Å². The molecule has 1 aromatic heterocycles. The molecule has 3 aromatic rings. The molecular weight excluding hydrogens is 546 g/mol. The molecule has 3 heterocycles. The topological polar surface area (TPSA) is 101 Å². The molecule has 0 fully saturated rings. The van der Waals surface area contributed by atoms with Gasteiger partial charge in [-0.1, -0.05) is 32.0 Å². The van der Waals surface area contributed by atoms with Crippen LogP contribution in [0.5, 0.6) is 11.5 Å². The van der Waals surface area contributed by atoms with Crippen LogP contribution < -0.4 is 19.7 Å². The van der Waals surface area contributed by atoms with Gasteiger partial charge in [0, 0.05) is 28.8 Å². The molecule has 0 spiro atoms. The van der Waals surface area contributed by atoms with Gasteiger partial charge in [-0.05, 0) is 30.7 Å². The molecule has 2 unspecified atom stereocenters. The van der Waals surface area contributed by atoms with E-state index >= 15 is 0 Å². The van der Waals surface area contributed by atoms with Crippen molar-refractivity contribution in [3.63, 3.8) is 0 Å². The van der Waals surface area contributed by atoms with Crippen LogP contribution in [0.25, 0.3) is 0 Å². The zero-order chi connectivity index (χ0) is 29.5. The van der Waals surface area contributed by atoms with Crippen LogP contribution in [0, 0.1) is 11.7 Å². The highest BCUT2D eigenvalue weighted by atomic mass is 19.4. The fourth-order valence-corrected chi connectivity index (χ4v) is 5.26. The van der Waals surface area contributed by atoms with Gasteiger partial charge in [-0.2, -0.15) is 13.2 Å². The second-order valence-electron chi connectivity index (χ2n) is 10.00. The Morgan fingerprint density at radius 2 is 1.90 bits per heavy atom. The number of nitrogens with zero attached hydrogens (tertiary/aromatic N) is 2. The van der Waals surface area contributed by atoms with Crippen LogP contribution >= 0.6 is 0 Å². The first-order chi connectivity index (χ1) is 19.5.